The second-order valence-electron chi connectivity index (χ2n) is 2.04. The predicted molar refractivity (Wildman–Crippen MR) is 60.5 cm³/mol. The van der Waals surface area contributed by atoms with Crippen LogP contribution in [0.3, 0.4) is 0 Å². The van der Waals surface area contributed by atoms with Gasteiger partial charge in [-0.25, -0.2) is 0 Å². The Morgan fingerprint density at radius 2 is 1.43 bits per heavy atom. The first kappa shape index (κ1) is 14.7. The van der Waals surface area contributed by atoms with Crippen molar-refractivity contribution in [3.05, 3.63) is 0 Å². The molecule has 0 aliphatic rings. The van der Waals surface area contributed by atoms with E-state index in [0.717, 1.165) is 0 Å². The van der Waals surface area contributed by atoms with Gasteiger partial charge in [0.25, 0.3) is 0 Å². The molecule has 0 amide bonds. The van der Waals surface area contributed by atoms with E-state index in [1.54, 1.807) is 6.92 Å². The molecule has 80 valence electrons. The molecule has 0 bridgehead atoms. The van der Waals surface area contributed by atoms with Gasteiger partial charge in [0.05, 0.1) is 11.9 Å². The van der Waals surface area contributed by atoms with Gasteiger partial charge in [0.2, 0.25) is 11.9 Å². The highest BCUT2D eigenvalue weighted by atomic mass is 35.5. The van der Waals surface area contributed by atoms with Crippen LogP contribution >= 0.6 is 12.4 Å². The highest BCUT2D eigenvalue weighted by molar-refractivity contribution is 6.29. The van der Waals surface area contributed by atoms with Crippen LogP contribution in [0.4, 0.5) is 0 Å². The first-order valence-corrected chi connectivity index (χ1v) is 3.27. The molecule has 0 aliphatic heterocycles. The predicted octanol–water partition coefficient (Wildman–Crippen LogP) is -1.68. The maximum absolute atomic E-state index is 5.03. The molecule has 0 spiro atoms. The van der Waals surface area contributed by atoms with Crippen molar-refractivity contribution in [1.29, 1.82) is 0 Å². The highest BCUT2D eigenvalue weighted by Crippen LogP contribution is 1.76. The Hall–Kier alpha value is -1.83. The monoisotopic (exact) mass is 220 g/mol. The van der Waals surface area contributed by atoms with Gasteiger partial charge in [0.15, 0.2) is 0 Å². The molecule has 0 rings (SSSR count). The molecule has 0 saturated heterocycles. The number of rotatable bonds is 3. The molecule has 8 nitrogen and oxygen atoms in total. The molecule has 14 heavy (non-hydrogen) atoms. The fourth-order valence-electron chi connectivity index (χ4n) is 0.342. The van der Waals surface area contributed by atoms with E-state index >= 15 is 0 Å². The van der Waals surface area contributed by atoms with Crippen LogP contribution in [-0.4, -0.2) is 23.8 Å². The molecule has 0 heterocycles. The fourth-order valence-corrected chi connectivity index (χ4v) is 0.342. The molecule has 0 atom stereocenters. The summed E-state index contributed by atoms with van der Waals surface area (Å²) in [5.41, 5.74) is 20.5. The first-order chi connectivity index (χ1) is 6.02. The van der Waals surface area contributed by atoms with Gasteiger partial charge in [-0.1, -0.05) is 0 Å². The largest absolute Gasteiger partial charge is 0.369 e. The summed E-state index contributed by atoms with van der Waals surface area (Å²) >= 11 is 0. The van der Waals surface area contributed by atoms with E-state index in [1.165, 1.54) is 6.21 Å². The van der Waals surface area contributed by atoms with Crippen LogP contribution in [0.5, 0.6) is 0 Å². The highest BCUT2D eigenvalue weighted by Gasteiger charge is 1.83. The number of guanidine groups is 2. The topological polar surface area (TPSA) is 154 Å². The van der Waals surface area contributed by atoms with E-state index in [-0.39, 0.29) is 24.3 Å². The van der Waals surface area contributed by atoms with Crippen molar-refractivity contribution in [2.45, 2.75) is 6.92 Å². The Bertz CT molecular complexity index is 269. The van der Waals surface area contributed by atoms with Crippen LogP contribution in [0.25, 0.3) is 0 Å². The van der Waals surface area contributed by atoms with Crippen molar-refractivity contribution in [3.8, 4) is 0 Å². The van der Waals surface area contributed by atoms with E-state index < -0.39 is 0 Å². The van der Waals surface area contributed by atoms with Gasteiger partial charge < -0.3 is 22.9 Å². The van der Waals surface area contributed by atoms with Gasteiger partial charge in [-0.3, -0.25) is 0 Å². The van der Waals surface area contributed by atoms with E-state index in [2.05, 4.69) is 20.4 Å². The lowest BCUT2D eigenvalue weighted by molar-refractivity contribution is 1.19. The van der Waals surface area contributed by atoms with Crippen LogP contribution in [-0.2, 0) is 0 Å². The average Bonchev–Trinajstić information content (AvgIpc) is 2.00. The molecule has 0 fully saturated rings. The third kappa shape index (κ3) is 10.2. The van der Waals surface area contributed by atoms with Crippen molar-refractivity contribution in [2.75, 3.05) is 0 Å². The Morgan fingerprint density at radius 3 is 1.86 bits per heavy atom. The summed E-state index contributed by atoms with van der Waals surface area (Å²) in [5.74, 6) is -0.263. The molecule has 8 N–H and O–H groups in total. The van der Waals surface area contributed by atoms with E-state index in [0.29, 0.717) is 5.71 Å². The lowest BCUT2D eigenvalue weighted by atomic mass is 10.5. The summed E-state index contributed by atoms with van der Waals surface area (Å²) in [5, 5.41) is 13.8. The zero-order chi connectivity index (χ0) is 10.3. The number of nitrogens with zero attached hydrogens (tertiary/aromatic N) is 4. The van der Waals surface area contributed by atoms with Gasteiger partial charge in [-0.15, -0.1) is 22.6 Å². The Morgan fingerprint density at radius 1 is 0.929 bits per heavy atom. The Labute approximate surface area is 87.2 Å². The maximum atomic E-state index is 5.03. The molecular weight excluding hydrogens is 208 g/mol. The summed E-state index contributed by atoms with van der Waals surface area (Å²) in [4.78, 5) is 0. The molecule has 0 unspecified atom stereocenters. The quantitative estimate of drug-likeness (QED) is 0.255. The van der Waals surface area contributed by atoms with Crippen LogP contribution in [0, 0.1) is 0 Å². The number of halogens is 1. The number of hydrogen-bond acceptors (Lipinski definition) is 4. The van der Waals surface area contributed by atoms with E-state index in [1.807, 2.05) is 0 Å². The minimum atomic E-state index is -0.133. The smallest absolute Gasteiger partial charge is 0.211 e. The van der Waals surface area contributed by atoms with Crippen LogP contribution in [0.15, 0.2) is 20.4 Å². The minimum Gasteiger partial charge on any atom is -0.369 e. The van der Waals surface area contributed by atoms with E-state index in [9.17, 15) is 0 Å². The minimum absolute atomic E-state index is 0. The SMILES string of the molecule is CC(/C=N\N=C(N)N)=N/N=C(N)N.Cl. The third-order valence-electron chi connectivity index (χ3n) is 0.741. The fraction of sp³-hybridized carbons (Fsp3) is 0.200. The summed E-state index contributed by atoms with van der Waals surface area (Å²) in [7, 11) is 0. The summed E-state index contributed by atoms with van der Waals surface area (Å²) in [6.45, 7) is 1.64. The molecule has 0 radical (unpaired) electrons. The van der Waals surface area contributed by atoms with Gasteiger partial charge in [-0.05, 0) is 6.92 Å². The zero-order valence-electron chi connectivity index (χ0n) is 7.58. The summed E-state index contributed by atoms with van der Waals surface area (Å²) in [6.07, 6.45) is 1.31. The van der Waals surface area contributed by atoms with Crippen molar-refractivity contribution >= 4 is 36.3 Å². The summed E-state index contributed by atoms with van der Waals surface area (Å²) < 4.78 is 0. The normalized spacial score (nSPS) is 10.5. The second kappa shape index (κ2) is 7.80. The zero-order valence-corrected chi connectivity index (χ0v) is 8.40. The van der Waals surface area contributed by atoms with Crippen LogP contribution in [0.1, 0.15) is 6.92 Å². The van der Waals surface area contributed by atoms with Crippen molar-refractivity contribution in [1.82, 2.24) is 0 Å². The number of hydrogen-bond donors (Lipinski definition) is 4. The van der Waals surface area contributed by atoms with Gasteiger partial charge in [0.1, 0.15) is 0 Å². The molecular formula is C5H13ClN8. The first-order valence-electron chi connectivity index (χ1n) is 3.27. The molecule has 0 aromatic heterocycles. The lowest BCUT2D eigenvalue weighted by Crippen LogP contribution is -2.22. The molecule has 9 heteroatoms. The lowest BCUT2D eigenvalue weighted by Gasteiger charge is -1.86. The van der Waals surface area contributed by atoms with Gasteiger partial charge in [0, 0.05) is 0 Å². The maximum Gasteiger partial charge on any atom is 0.211 e. The Balaban J connectivity index is 0. The second-order valence-corrected chi connectivity index (χ2v) is 2.04. The average molecular weight is 221 g/mol. The van der Waals surface area contributed by atoms with Crippen molar-refractivity contribution < 1.29 is 0 Å². The Kier molecular flexibility index (Phi) is 8.18. The molecule has 0 aliphatic carbocycles. The molecule has 0 aromatic carbocycles. The van der Waals surface area contributed by atoms with Crippen LogP contribution in [0.2, 0.25) is 0 Å². The van der Waals surface area contributed by atoms with Crippen LogP contribution < -0.4 is 22.9 Å². The molecule has 0 saturated carbocycles. The number of nitrogens with two attached hydrogens (primary N) is 4. The van der Waals surface area contributed by atoms with Crippen molar-refractivity contribution in [2.24, 2.45) is 43.3 Å². The standard InChI is InChI=1S/C5H12N8.ClH/c1-3(11-13-5(8)9)2-10-12-4(6)7;/h2H,1H3,(H4,6,7,12)(H4,8,9,13);1H/b10-2-,11-3-;. The van der Waals surface area contributed by atoms with Crippen molar-refractivity contribution in [3.63, 3.8) is 0 Å². The third-order valence-corrected chi connectivity index (χ3v) is 0.741. The van der Waals surface area contributed by atoms with E-state index in [4.69, 9.17) is 22.9 Å². The van der Waals surface area contributed by atoms with Gasteiger partial charge >= 0.3 is 0 Å². The summed E-state index contributed by atoms with van der Waals surface area (Å²) in [6, 6.07) is 0. The molecule has 0 aromatic rings. The van der Waals surface area contributed by atoms with Gasteiger partial charge in [-0.2, -0.15) is 10.2 Å².